The number of tetrazole rings is 1. The van der Waals surface area contributed by atoms with E-state index in [1.165, 1.54) is 11.3 Å². The van der Waals surface area contributed by atoms with Gasteiger partial charge in [-0.1, -0.05) is 18.2 Å². The monoisotopic (exact) mass is 495 g/mol. The van der Waals surface area contributed by atoms with Crippen LogP contribution in [0.4, 0.5) is 5.69 Å². The molecule has 1 atom stereocenters. The van der Waals surface area contributed by atoms with Crippen molar-refractivity contribution >= 4 is 16.6 Å². The van der Waals surface area contributed by atoms with E-state index < -0.39 is 6.04 Å². The highest BCUT2D eigenvalue weighted by atomic mass is 16.3. The first kappa shape index (κ1) is 23.2. The Morgan fingerprint density at radius 1 is 0.973 bits per heavy atom. The molecule has 0 radical (unpaired) electrons. The molecule has 9 nitrogen and oxygen atoms in total. The molecule has 6 rings (SSSR count). The summed E-state index contributed by atoms with van der Waals surface area (Å²) >= 11 is 0. The van der Waals surface area contributed by atoms with Crippen LogP contribution in [0.15, 0.2) is 76.1 Å². The first-order chi connectivity index (χ1) is 18.1. The first-order valence-corrected chi connectivity index (χ1v) is 12.5. The number of hydrogen-bond acceptors (Lipinski definition) is 7. The van der Waals surface area contributed by atoms with Gasteiger partial charge < -0.3 is 14.3 Å². The lowest BCUT2D eigenvalue weighted by molar-refractivity contribution is 0.200. The van der Waals surface area contributed by atoms with Crippen LogP contribution in [0.5, 0.6) is 0 Å². The van der Waals surface area contributed by atoms with Crippen LogP contribution < -0.4 is 10.5 Å². The largest absolute Gasteiger partial charge is 0.467 e. The van der Waals surface area contributed by atoms with E-state index in [1.54, 1.807) is 10.9 Å². The molecule has 0 spiro atoms. The Kier molecular flexibility index (Phi) is 6.05. The Morgan fingerprint density at radius 3 is 2.51 bits per heavy atom. The van der Waals surface area contributed by atoms with Crippen molar-refractivity contribution in [2.24, 2.45) is 0 Å². The molecule has 188 valence electrons. The number of aromatic amines is 1. The van der Waals surface area contributed by atoms with Crippen LogP contribution in [0.2, 0.25) is 0 Å². The second-order valence-corrected chi connectivity index (χ2v) is 9.61. The van der Waals surface area contributed by atoms with Crippen molar-refractivity contribution in [3.8, 4) is 0 Å². The number of aryl methyl sites for hydroxylation is 2. The van der Waals surface area contributed by atoms with Crippen molar-refractivity contribution in [1.82, 2.24) is 30.1 Å². The van der Waals surface area contributed by atoms with Crippen LogP contribution in [0.1, 0.15) is 34.3 Å². The molecule has 0 saturated carbocycles. The third-order valence-corrected chi connectivity index (χ3v) is 7.27. The van der Waals surface area contributed by atoms with Crippen LogP contribution in [0, 0.1) is 13.8 Å². The molecule has 2 aromatic carbocycles. The zero-order valence-corrected chi connectivity index (χ0v) is 21.0. The number of pyridine rings is 1. The Hall–Kier alpha value is -4.24. The quantitative estimate of drug-likeness (QED) is 0.384. The lowest BCUT2D eigenvalue weighted by atomic mass is 10.00. The van der Waals surface area contributed by atoms with Gasteiger partial charge in [0.15, 0.2) is 5.82 Å². The molecule has 0 aliphatic carbocycles. The SMILES string of the molecule is Cc1cc2cc(C(c3nnnn3Cc3ccco3)N3CCN(c4ccccc4)CC3)c(=O)[nH]c2cc1C. The van der Waals surface area contributed by atoms with Crippen molar-refractivity contribution in [2.75, 3.05) is 31.1 Å². The highest BCUT2D eigenvalue weighted by Gasteiger charge is 2.33. The zero-order valence-electron chi connectivity index (χ0n) is 21.0. The van der Waals surface area contributed by atoms with Gasteiger partial charge in [-0.05, 0) is 83.3 Å². The van der Waals surface area contributed by atoms with E-state index in [2.05, 4.69) is 74.5 Å². The summed E-state index contributed by atoms with van der Waals surface area (Å²) in [5, 5.41) is 13.7. The lowest BCUT2D eigenvalue weighted by Gasteiger charge is -2.39. The molecule has 1 aliphatic rings. The summed E-state index contributed by atoms with van der Waals surface area (Å²) in [4.78, 5) is 21.3. The maximum absolute atomic E-state index is 13.5. The molecule has 1 aliphatic heterocycles. The molecule has 1 saturated heterocycles. The van der Waals surface area contributed by atoms with Crippen molar-refractivity contribution in [2.45, 2.75) is 26.4 Å². The summed E-state index contributed by atoms with van der Waals surface area (Å²) in [6.07, 6.45) is 1.64. The number of para-hydroxylation sites is 1. The second-order valence-electron chi connectivity index (χ2n) is 9.61. The van der Waals surface area contributed by atoms with Gasteiger partial charge in [-0.25, -0.2) is 4.68 Å². The fourth-order valence-electron chi connectivity index (χ4n) is 5.14. The number of rotatable bonds is 6. The number of H-pyrrole nitrogens is 1. The summed E-state index contributed by atoms with van der Waals surface area (Å²) in [5.41, 5.74) is 4.88. The van der Waals surface area contributed by atoms with Gasteiger partial charge in [0.25, 0.3) is 5.56 Å². The molecule has 0 amide bonds. The zero-order chi connectivity index (χ0) is 25.4. The maximum Gasteiger partial charge on any atom is 0.253 e. The lowest BCUT2D eigenvalue weighted by Crippen LogP contribution is -2.49. The number of fused-ring (bicyclic) bond motifs is 1. The fourth-order valence-corrected chi connectivity index (χ4v) is 5.14. The molecule has 4 heterocycles. The van der Waals surface area contributed by atoms with Crippen molar-refractivity contribution in [3.05, 3.63) is 106 Å². The molecule has 37 heavy (non-hydrogen) atoms. The number of hydrogen-bond donors (Lipinski definition) is 1. The normalized spacial score (nSPS) is 15.4. The second kappa shape index (κ2) is 9.67. The minimum atomic E-state index is -0.405. The predicted molar refractivity (Wildman–Crippen MR) is 142 cm³/mol. The molecule has 9 heteroatoms. The van der Waals surface area contributed by atoms with E-state index in [0.717, 1.165) is 48.4 Å². The number of anilines is 1. The van der Waals surface area contributed by atoms with E-state index in [4.69, 9.17) is 4.42 Å². The van der Waals surface area contributed by atoms with Gasteiger partial charge in [0, 0.05) is 42.9 Å². The van der Waals surface area contributed by atoms with Gasteiger partial charge in [-0.2, -0.15) is 0 Å². The Labute approximate surface area is 214 Å². The number of furan rings is 1. The number of aromatic nitrogens is 5. The Bertz CT molecular complexity index is 1570. The number of piperazine rings is 1. The van der Waals surface area contributed by atoms with Crippen LogP contribution >= 0.6 is 0 Å². The topological polar surface area (TPSA) is 96.1 Å². The molecule has 5 aromatic rings. The van der Waals surface area contributed by atoms with Crippen molar-refractivity contribution in [3.63, 3.8) is 0 Å². The molecule has 1 unspecified atom stereocenters. The van der Waals surface area contributed by atoms with Crippen LogP contribution in [0.3, 0.4) is 0 Å². The molecule has 0 bridgehead atoms. The summed E-state index contributed by atoms with van der Waals surface area (Å²) in [7, 11) is 0. The van der Waals surface area contributed by atoms with Crippen molar-refractivity contribution < 1.29 is 4.42 Å². The fraction of sp³-hybridized carbons (Fsp3) is 0.286. The smallest absolute Gasteiger partial charge is 0.253 e. The van der Waals surface area contributed by atoms with E-state index >= 15 is 0 Å². The third kappa shape index (κ3) is 4.53. The molecule has 3 aromatic heterocycles. The van der Waals surface area contributed by atoms with Gasteiger partial charge in [-0.3, -0.25) is 9.69 Å². The standard InChI is InChI=1S/C28H29N7O2/c1-19-15-21-17-24(28(36)29-25(21)16-20(19)2)26(27-30-31-32-35(27)18-23-9-6-14-37-23)34-12-10-33(11-13-34)22-7-4-3-5-8-22/h3-9,14-17,26H,10-13,18H2,1-2H3,(H,29,36). The van der Waals surface area contributed by atoms with E-state index in [0.29, 0.717) is 17.9 Å². The van der Waals surface area contributed by atoms with Crippen LogP contribution in [0.25, 0.3) is 10.9 Å². The first-order valence-electron chi connectivity index (χ1n) is 12.5. The summed E-state index contributed by atoms with van der Waals surface area (Å²) < 4.78 is 7.29. The number of nitrogens with one attached hydrogen (secondary N) is 1. The molecule has 1 fully saturated rings. The summed E-state index contributed by atoms with van der Waals surface area (Å²) in [6.45, 7) is 7.73. The number of benzene rings is 2. The highest BCUT2D eigenvalue weighted by Crippen LogP contribution is 2.29. The minimum absolute atomic E-state index is 0.126. The average molecular weight is 496 g/mol. The molecule has 1 N–H and O–H groups in total. The Balaban J connectivity index is 1.40. The number of nitrogens with zero attached hydrogens (tertiary/aromatic N) is 6. The van der Waals surface area contributed by atoms with Gasteiger partial charge in [-0.15, -0.1) is 5.10 Å². The van der Waals surface area contributed by atoms with Gasteiger partial charge in [0.05, 0.1) is 6.26 Å². The summed E-state index contributed by atoms with van der Waals surface area (Å²) in [6, 6.07) is 19.9. The van der Waals surface area contributed by atoms with Crippen LogP contribution in [-0.4, -0.2) is 56.3 Å². The van der Waals surface area contributed by atoms with Gasteiger partial charge >= 0.3 is 0 Å². The highest BCUT2D eigenvalue weighted by molar-refractivity contribution is 5.81. The van der Waals surface area contributed by atoms with Crippen molar-refractivity contribution in [1.29, 1.82) is 0 Å². The van der Waals surface area contributed by atoms with E-state index in [1.807, 2.05) is 30.3 Å². The maximum atomic E-state index is 13.5. The minimum Gasteiger partial charge on any atom is -0.467 e. The van der Waals surface area contributed by atoms with Gasteiger partial charge in [0.2, 0.25) is 0 Å². The van der Waals surface area contributed by atoms with E-state index in [9.17, 15) is 4.79 Å². The predicted octanol–water partition coefficient (Wildman–Crippen LogP) is 3.68. The third-order valence-electron chi connectivity index (χ3n) is 7.27. The molecular weight excluding hydrogens is 466 g/mol. The molecular formula is C28H29N7O2. The average Bonchev–Trinajstić information content (AvgIpc) is 3.60. The van der Waals surface area contributed by atoms with Crippen LogP contribution in [-0.2, 0) is 6.54 Å². The van der Waals surface area contributed by atoms with Gasteiger partial charge in [0.1, 0.15) is 18.3 Å². The summed E-state index contributed by atoms with van der Waals surface area (Å²) in [5.74, 6) is 1.37. The Morgan fingerprint density at radius 2 is 1.76 bits per heavy atom. The van der Waals surface area contributed by atoms with E-state index in [-0.39, 0.29) is 5.56 Å².